The Kier molecular flexibility index (Phi) is 4.39. The van der Waals surface area contributed by atoms with Gasteiger partial charge in [0.15, 0.2) is 5.78 Å². The lowest BCUT2D eigenvalue weighted by Gasteiger charge is -2.00. The molecule has 0 heterocycles. The molecule has 0 radical (unpaired) electrons. The monoisotopic (exact) mass is 229 g/mol. The van der Waals surface area contributed by atoms with Crippen molar-refractivity contribution in [3.63, 3.8) is 0 Å². The fraction of sp³-hybridized carbons (Fsp3) is 0.750. The molecule has 0 aromatic heterocycles. The summed E-state index contributed by atoms with van der Waals surface area (Å²) in [5.41, 5.74) is 4.97. The number of alkyl halides is 1. The molecule has 0 saturated heterocycles. The number of Topliss-reactive ketones (excluding diaryl/α,β-unsaturated/α-hetero) is 1. The summed E-state index contributed by atoms with van der Waals surface area (Å²) < 4.78 is 0.329. The molecule has 0 saturated carbocycles. The zero-order chi connectivity index (χ0) is 6.57. The van der Waals surface area contributed by atoms with Crippen molar-refractivity contribution in [2.75, 3.05) is 11.0 Å². The van der Waals surface area contributed by atoms with Gasteiger partial charge in [0, 0.05) is 6.54 Å². The highest BCUT2D eigenvalue weighted by Crippen LogP contribution is 1.88. The van der Waals surface area contributed by atoms with E-state index >= 15 is 0 Å². The molecule has 0 unspecified atom stereocenters. The fourth-order valence-corrected chi connectivity index (χ4v) is 0.729. The Morgan fingerprint density at radius 1 is 1.88 bits per heavy atom. The smallest absolute Gasteiger partial charge is 0.172 e. The SMILES string of the molecule is NC[C@H](O)C(=O)CI. The number of aliphatic hydroxyl groups excluding tert-OH is 1. The van der Waals surface area contributed by atoms with Crippen LogP contribution in [0.15, 0.2) is 0 Å². The lowest BCUT2D eigenvalue weighted by atomic mass is 10.3. The van der Waals surface area contributed by atoms with Crippen LogP contribution in [0, 0.1) is 0 Å². The average Bonchev–Trinajstić information content (AvgIpc) is 1.84. The zero-order valence-corrected chi connectivity index (χ0v) is 6.46. The van der Waals surface area contributed by atoms with Crippen LogP contribution < -0.4 is 5.73 Å². The second-order valence-electron chi connectivity index (χ2n) is 1.35. The molecule has 0 aromatic rings. The maximum atomic E-state index is 10.4. The van der Waals surface area contributed by atoms with Crippen molar-refractivity contribution in [1.82, 2.24) is 0 Å². The molecular formula is C4H8INO2. The van der Waals surface area contributed by atoms with E-state index in [2.05, 4.69) is 0 Å². The van der Waals surface area contributed by atoms with Crippen LogP contribution in [0.5, 0.6) is 0 Å². The van der Waals surface area contributed by atoms with Crippen LogP contribution in [-0.4, -0.2) is 28.0 Å². The Balaban J connectivity index is 3.46. The van der Waals surface area contributed by atoms with Gasteiger partial charge in [0.05, 0.1) is 4.43 Å². The van der Waals surface area contributed by atoms with Crippen LogP contribution in [0.4, 0.5) is 0 Å². The maximum Gasteiger partial charge on any atom is 0.172 e. The number of ketones is 1. The van der Waals surface area contributed by atoms with Crippen molar-refractivity contribution in [2.24, 2.45) is 5.73 Å². The number of carbonyl (C=O) groups is 1. The number of carbonyl (C=O) groups excluding carboxylic acids is 1. The van der Waals surface area contributed by atoms with Gasteiger partial charge in [-0.2, -0.15) is 0 Å². The van der Waals surface area contributed by atoms with Crippen LogP contribution in [0.1, 0.15) is 0 Å². The van der Waals surface area contributed by atoms with E-state index in [1.807, 2.05) is 22.6 Å². The van der Waals surface area contributed by atoms with Gasteiger partial charge in [-0.3, -0.25) is 4.79 Å². The van der Waals surface area contributed by atoms with Gasteiger partial charge in [-0.05, 0) is 0 Å². The molecule has 48 valence electrons. The second-order valence-corrected chi connectivity index (χ2v) is 2.11. The van der Waals surface area contributed by atoms with Gasteiger partial charge in [-0.25, -0.2) is 0 Å². The third-order valence-electron chi connectivity index (χ3n) is 0.727. The molecule has 0 spiro atoms. The summed E-state index contributed by atoms with van der Waals surface area (Å²) in [6, 6.07) is 0. The van der Waals surface area contributed by atoms with Crippen LogP contribution >= 0.6 is 22.6 Å². The molecule has 0 aliphatic heterocycles. The maximum absolute atomic E-state index is 10.4. The summed E-state index contributed by atoms with van der Waals surface area (Å²) in [6.45, 7) is 0.0296. The number of hydrogen-bond donors (Lipinski definition) is 2. The van der Waals surface area contributed by atoms with Crippen LogP contribution in [0.2, 0.25) is 0 Å². The van der Waals surface area contributed by atoms with E-state index < -0.39 is 6.10 Å². The highest BCUT2D eigenvalue weighted by atomic mass is 127. The van der Waals surface area contributed by atoms with E-state index in [1.54, 1.807) is 0 Å². The largest absolute Gasteiger partial charge is 0.384 e. The predicted octanol–water partition coefficient (Wildman–Crippen LogP) is -0.690. The van der Waals surface area contributed by atoms with Gasteiger partial charge in [0.2, 0.25) is 0 Å². The first kappa shape index (κ1) is 8.32. The zero-order valence-electron chi connectivity index (χ0n) is 4.30. The Labute approximate surface area is 61.4 Å². The van der Waals surface area contributed by atoms with E-state index in [0.29, 0.717) is 4.43 Å². The Morgan fingerprint density at radius 2 is 2.38 bits per heavy atom. The van der Waals surface area contributed by atoms with Crippen molar-refractivity contribution in [1.29, 1.82) is 0 Å². The first-order valence-corrected chi connectivity index (χ1v) is 3.71. The minimum absolute atomic E-state index is 0.0296. The minimum Gasteiger partial charge on any atom is -0.384 e. The number of nitrogens with two attached hydrogens (primary N) is 1. The molecule has 0 amide bonds. The number of halogens is 1. The van der Waals surface area contributed by atoms with Gasteiger partial charge >= 0.3 is 0 Å². The van der Waals surface area contributed by atoms with Gasteiger partial charge in [-0.15, -0.1) is 0 Å². The molecule has 0 fully saturated rings. The standard InChI is InChI=1S/C4H8INO2/c5-1-3(7)4(8)2-6/h4,8H,1-2,6H2/t4-/m0/s1. The molecule has 3 N–H and O–H groups in total. The number of hydrogen-bond acceptors (Lipinski definition) is 3. The predicted molar refractivity (Wildman–Crippen MR) is 39.0 cm³/mol. The lowest BCUT2D eigenvalue weighted by molar-refractivity contribution is -0.123. The normalized spacial score (nSPS) is 13.4. The molecule has 1 atom stereocenters. The van der Waals surface area contributed by atoms with Gasteiger partial charge in [-0.1, -0.05) is 22.6 Å². The lowest BCUT2D eigenvalue weighted by Crippen LogP contribution is -2.29. The Morgan fingerprint density at radius 3 is 2.50 bits per heavy atom. The van der Waals surface area contributed by atoms with Gasteiger partial charge in [0.25, 0.3) is 0 Å². The van der Waals surface area contributed by atoms with Gasteiger partial charge in [0.1, 0.15) is 6.10 Å². The minimum atomic E-state index is -0.952. The van der Waals surface area contributed by atoms with E-state index in [9.17, 15) is 4.79 Å². The summed E-state index contributed by atoms with van der Waals surface area (Å²) in [5, 5.41) is 8.65. The summed E-state index contributed by atoms with van der Waals surface area (Å²) in [4.78, 5) is 10.4. The molecule has 8 heavy (non-hydrogen) atoms. The van der Waals surface area contributed by atoms with E-state index in [-0.39, 0.29) is 12.3 Å². The Bertz CT molecular complexity index is 86.1. The number of aliphatic hydroxyl groups is 1. The second kappa shape index (κ2) is 4.22. The average molecular weight is 229 g/mol. The first-order chi connectivity index (χ1) is 3.72. The van der Waals surface area contributed by atoms with Crippen molar-refractivity contribution in [3.8, 4) is 0 Å². The summed E-state index contributed by atoms with van der Waals surface area (Å²) in [6.07, 6.45) is -0.952. The van der Waals surface area contributed by atoms with E-state index in [4.69, 9.17) is 10.8 Å². The molecule has 0 aliphatic rings. The molecular weight excluding hydrogens is 221 g/mol. The van der Waals surface area contributed by atoms with Crippen molar-refractivity contribution in [2.45, 2.75) is 6.10 Å². The van der Waals surface area contributed by atoms with Crippen molar-refractivity contribution >= 4 is 28.4 Å². The molecule has 0 aromatic carbocycles. The van der Waals surface area contributed by atoms with Crippen molar-refractivity contribution in [3.05, 3.63) is 0 Å². The highest BCUT2D eigenvalue weighted by molar-refractivity contribution is 14.1. The molecule has 4 heteroatoms. The number of rotatable bonds is 3. The third kappa shape index (κ3) is 2.58. The summed E-state index contributed by atoms with van der Waals surface area (Å²) in [5.74, 6) is -0.201. The topological polar surface area (TPSA) is 63.3 Å². The molecule has 0 aliphatic carbocycles. The van der Waals surface area contributed by atoms with Crippen molar-refractivity contribution < 1.29 is 9.90 Å². The Hall–Kier alpha value is 0.320. The van der Waals surface area contributed by atoms with E-state index in [0.717, 1.165) is 0 Å². The molecule has 3 nitrogen and oxygen atoms in total. The van der Waals surface area contributed by atoms with E-state index in [1.165, 1.54) is 0 Å². The quantitative estimate of drug-likeness (QED) is 0.497. The first-order valence-electron chi connectivity index (χ1n) is 2.19. The summed E-state index contributed by atoms with van der Waals surface area (Å²) in [7, 11) is 0. The van der Waals surface area contributed by atoms with Crippen LogP contribution in [0.3, 0.4) is 0 Å². The van der Waals surface area contributed by atoms with Gasteiger partial charge < -0.3 is 10.8 Å². The van der Waals surface area contributed by atoms with Crippen LogP contribution in [0.25, 0.3) is 0 Å². The molecule has 0 bridgehead atoms. The highest BCUT2D eigenvalue weighted by Gasteiger charge is 2.09. The summed E-state index contributed by atoms with van der Waals surface area (Å²) >= 11 is 1.89. The molecule has 0 rings (SSSR count). The third-order valence-corrected chi connectivity index (χ3v) is 1.48. The van der Waals surface area contributed by atoms with Crippen LogP contribution in [-0.2, 0) is 4.79 Å². The fourth-order valence-electron chi connectivity index (χ4n) is 0.221.